The monoisotopic (exact) mass is 799 g/mol. The number of aromatic nitrogens is 1. The number of carbonyl (C=O) groups is 6. The molecule has 0 unspecified atom stereocenters. The van der Waals surface area contributed by atoms with Crippen LogP contribution in [0.3, 0.4) is 0 Å². The van der Waals surface area contributed by atoms with Gasteiger partial charge in [0, 0.05) is 43.2 Å². The molecule has 0 saturated carbocycles. The first-order chi connectivity index (χ1) is 27.2. The number of rotatable bonds is 15. The Balaban J connectivity index is 0.911. The molecule has 0 radical (unpaired) electrons. The number of ether oxygens (including phenoxy) is 2. The Labute approximate surface area is 333 Å². The molecule has 2 aromatic carbocycles. The van der Waals surface area contributed by atoms with Crippen molar-refractivity contribution >= 4 is 46.5 Å². The molecule has 0 spiro atoms. The van der Waals surface area contributed by atoms with Crippen LogP contribution in [0.15, 0.2) is 64.5 Å². The van der Waals surface area contributed by atoms with Crippen LogP contribution < -0.4 is 16.0 Å². The summed E-state index contributed by atoms with van der Waals surface area (Å²) in [5.74, 6) is -3.24. The number of amides is 4. The molecule has 2 aliphatic rings. The Bertz CT molecular complexity index is 2100. The fourth-order valence-corrected chi connectivity index (χ4v) is 7.49. The van der Waals surface area contributed by atoms with E-state index in [2.05, 4.69) is 20.9 Å². The van der Waals surface area contributed by atoms with Gasteiger partial charge in [-0.2, -0.15) is 0 Å². The number of ketones is 2. The Kier molecular flexibility index (Phi) is 12.8. The normalized spacial score (nSPS) is 16.8. The molecule has 1 aliphatic carbocycles. The summed E-state index contributed by atoms with van der Waals surface area (Å²) in [6.45, 7) is 7.48. The van der Waals surface area contributed by atoms with E-state index in [1.165, 1.54) is 17.0 Å². The van der Waals surface area contributed by atoms with E-state index in [9.17, 15) is 33.9 Å². The zero-order valence-electron chi connectivity index (χ0n) is 32.1. The third-order valence-electron chi connectivity index (χ3n) is 9.67. The minimum atomic E-state index is -1.01. The number of carbonyl (C=O) groups excluding carboxylic acids is 6. The number of likely N-dealkylation sites (tertiary alicyclic amines) is 1. The molecule has 300 valence electrons. The lowest BCUT2D eigenvalue weighted by atomic mass is 9.85. The van der Waals surface area contributed by atoms with Crippen LogP contribution in [0.5, 0.6) is 0 Å². The smallest absolute Gasteiger partial charge is 0.287 e. The molecule has 1 aliphatic heterocycles. The fourth-order valence-electron chi connectivity index (χ4n) is 6.68. The topological polar surface area (TPSA) is 206 Å². The number of hydrogen-bond donors (Lipinski definition) is 4. The van der Waals surface area contributed by atoms with Crippen molar-refractivity contribution in [3.05, 3.63) is 99.6 Å². The molecule has 4 aromatic rings. The summed E-state index contributed by atoms with van der Waals surface area (Å²) in [5.41, 5.74) is 4.44. The summed E-state index contributed by atoms with van der Waals surface area (Å²) in [6, 6.07) is 13.5. The Morgan fingerprint density at radius 1 is 0.965 bits per heavy atom. The van der Waals surface area contributed by atoms with Crippen molar-refractivity contribution in [2.45, 2.75) is 58.8 Å². The maximum absolute atomic E-state index is 13.9. The Hall–Kier alpha value is -5.55. The first-order valence-corrected chi connectivity index (χ1v) is 19.4. The van der Waals surface area contributed by atoms with Crippen LogP contribution in [0.2, 0.25) is 0 Å². The van der Waals surface area contributed by atoms with Gasteiger partial charge in [-0.15, -0.1) is 11.3 Å². The largest absolute Gasteiger partial charge is 0.447 e. The average molecular weight is 800 g/mol. The van der Waals surface area contributed by atoms with Gasteiger partial charge in [-0.25, -0.2) is 4.98 Å². The number of fused-ring (bicyclic) bond motifs is 2. The lowest BCUT2D eigenvalue weighted by molar-refractivity contribution is -0.144. The lowest BCUT2D eigenvalue weighted by Crippen LogP contribution is -2.58. The maximum Gasteiger partial charge on any atom is 0.287 e. The zero-order chi connectivity index (χ0) is 40.9. The molecular formula is C41H45N5O10S. The third-order valence-corrected chi connectivity index (χ3v) is 10.6. The van der Waals surface area contributed by atoms with Crippen LogP contribution in [0, 0.1) is 12.3 Å². The third kappa shape index (κ3) is 9.53. The number of furan rings is 1. The minimum Gasteiger partial charge on any atom is -0.447 e. The van der Waals surface area contributed by atoms with Gasteiger partial charge in [0.25, 0.3) is 5.91 Å². The average Bonchev–Trinajstić information content (AvgIpc) is 3.94. The molecule has 1 saturated heterocycles. The highest BCUT2D eigenvalue weighted by atomic mass is 32.1. The van der Waals surface area contributed by atoms with Crippen molar-refractivity contribution in [2.24, 2.45) is 5.41 Å². The molecule has 4 N–H and O–H groups in total. The molecule has 4 amide bonds. The fraction of sp³-hybridized carbons (Fsp3) is 0.390. The first-order valence-electron chi connectivity index (χ1n) is 18.5. The van der Waals surface area contributed by atoms with Gasteiger partial charge in [0.2, 0.25) is 23.5 Å². The second-order valence-corrected chi connectivity index (χ2v) is 15.8. The van der Waals surface area contributed by atoms with Crippen LogP contribution in [-0.2, 0) is 30.4 Å². The Morgan fingerprint density at radius 2 is 1.67 bits per heavy atom. The molecule has 6 rings (SSSR count). The van der Waals surface area contributed by atoms with Gasteiger partial charge in [0.1, 0.15) is 18.7 Å². The van der Waals surface area contributed by atoms with Crippen LogP contribution in [-0.4, -0.2) is 108 Å². The van der Waals surface area contributed by atoms with Crippen LogP contribution in [0.4, 0.5) is 0 Å². The Morgan fingerprint density at radius 3 is 2.35 bits per heavy atom. The van der Waals surface area contributed by atoms with Gasteiger partial charge >= 0.3 is 0 Å². The maximum atomic E-state index is 13.9. The van der Waals surface area contributed by atoms with Crippen molar-refractivity contribution in [3.8, 4) is 10.4 Å². The molecule has 15 nitrogen and oxygen atoms in total. The highest BCUT2D eigenvalue weighted by Gasteiger charge is 2.44. The number of aliphatic hydroxyl groups excluding tert-OH is 1. The zero-order valence-corrected chi connectivity index (χ0v) is 32.9. The van der Waals surface area contributed by atoms with Crippen LogP contribution in [0.25, 0.3) is 10.4 Å². The van der Waals surface area contributed by atoms with Gasteiger partial charge in [-0.1, -0.05) is 69.3 Å². The van der Waals surface area contributed by atoms with E-state index < -0.39 is 58.8 Å². The van der Waals surface area contributed by atoms with Crippen molar-refractivity contribution < 1.29 is 47.8 Å². The number of aryl methyl sites for hydroxylation is 1. The van der Waals surface area contributed by atoms with Crippen molar-refractivity contribution in [1.29, 1.82) is 0 Å². The highest BCUT2D eigenvalue weighted by molar-refractivity contribution is 7.13. The molecule has 3 atom stereocenters. The quantitative estimate of drug-likeness (QED) is 0.113. The molecule has 3 heterocycles. The van der Waals surface area contributed by atoms with Crippen molar-refractivity contribution in [3.63, 3.8) is 0 Å². The molecule has 0 bridgehead atoms. The predicted octanol–water partition coefficient (Wildman–Crippen LogP) is 3.06. The van der Waals surface area contributed by atoms with Crippen molar-refractivity contribution in [1.82, 2.24) is 25.8 Å². The highest BCUT2D eigenvalue weighted by Crippen LogP contribution is 2.30. The van der Waals surface area contributed by atoms with E-state index in [-0.39, 0.29) is 80.7 Å². The number of β-amino-alcohol motifs (C(OH)–C–C–N with tert-alkyl or cyclic N) is 1. The number of benzene rings is 2. The van der Waals surface area contributed by atoms with Gasteiger partial charge in [-0.05, 0) is 23.5 Å². The molecule has 57 heavy (non-hydrogen) atoms. The predicted molar refractivity (Wildman–Crippen MR) is 208 cm³/mol. The summed E-state index contributed by atoms with van der Waals surface area (Å²) in [7, 11) is 0. The number of hydrogen-bond acceptors (Lipinski definition) is 12. The number of nitrogens with zero attached hydrogens (tertiary/aromatic N) is 2. The van der Waals surface area contributed by atoms with Crippen LogP contribution >= 0.6 is 11.3 Å². The van der Waals surface area contributed by atoms with E-state index in [1.807, 2.05) is 31.2 Å². The van der Waals surface area contributed by atoms with E-state index in [0.717, 1.165) is 21.7 Å². The lowest BCUT2D eigenvalue weighted by Gasteiger charge is -2.35. The molecule has 16 heteroatoms. The van der Waals surface area contributed by atoms with Gasteiger partial charge < -0.3 is 39.8 Å². The molecule has 1 fully saturated rings. The van der Waals surface area contributed by atoms with Crippen LogP contribution in [0.1, 0.15) is 81.0 Å². The summed E-state index contributed by atoms with van der Waals surface area (Å²) in [6.07, 6.45) is -0.828. The summed E-state index contributed by atoms with van der Waals surface area (Å²) >= 11 is 1.56. The molecule has 2 aromatic heterocycles. The van der Waals surface area contributed by atoms with E-state index in [1.54, 1.807) is 55.8 Å². The van der Waals surface area contributed by atoms with E-state index >= 15 is 0 Å². The van der Waals surface area contributed by atoms with Gasteiger partial charge in [0.15, 0.2) is 17.3 Å². The molecular weight excluding hydrogens is 755 g/mol. The summed E-state index contributed by atoms with van der Waals surface area (Å²) in [5, 5.41) is 18.7. The van der Waals surface area contributed by atoms with Gasteiger partial charge in [0.05, 0.1) is 47.6 Å². The minimum absolute atomic E-state index is 0.0398. The second-order valence-electron chi connectivity index (χ2n) is 14.9. The standard InChI is InChI=1S/C41H45N5O10S/c1-23-36(57-22-44-23)25-11-9-24(10-12-25)19-43-38(51)30-17-26(47)20-46(30)40(53)37(41(2,3)4)45-32(48)21-55-16-15-54-14-13-42-39(52)31-18-29-33(49)27-7-5-6-8-28(27)34(50)35(29)56-31/h5-12,18,22,26,30,37,47H,13-17,19-21H2,1-4H3,(H,42,52)(H,43,51)(H,45,48)/t26-,30+,37-/m1/s1. The summed E-state index contributed by atoms with van der Waals surface area (Å²) < 4.78 is 16.4. The van der Waals surface area contributed by atoms with Gasteiger partial charge in [-0.3, -0.25) is 28.8 Å². The summed E-state index contributed by atoms with van der Waals surface area (Å²) in [4.78, 5) is 85.0. The van der Waals surface area contributed by atoms with E-state index in [0.29, 0.717) is 0 Å². The van der Waals surface area contributed by atoms with E-state index in [4.69, 9.17) is 13.9 Å². The SMILES string of the molecule is Cc1ncsc1-c1ccc(CNC(=O)[C@@H]2C[C@@H](O)CN2C(=O)[C@@H](NC(=O)COCCOCCNC(=O)c2cc3c(o2)C(=O)c2ccccc2C3=O)C(C)(C)C)cc1. The second kappa shape index (κ2) is 17.7. The van der Waals surface area contributed by atoms with Crippen molar-refractivity contribution in [2.75, 3.05) is 39.5 Å². The number of thiazole rings is 1. The number of aliphatic hydroxyl groups is 1. The number of nitrogens with one attached hydrogen (secondary N) is 3. The first kappa shape index (κ1) is 41.1.